The number of methoxy groups -OCH3 is 2. The third kappa shape index (κ3) is 2.92. The van der Waals surface area contributed by atoms with Crippen LogP contribution in [0.3, 0.4) is 0 Å². The summed E-state index contributed by atoms with van der Waals surface area (Å²) in [6, 6.07) is 15.4. The molecule has 0 unspecified atom stereocenters. The number of aromatic nitrogens is 2. The highest BCUT2D eigenvalue weighted by Crippen LogP contribution is 2.29. The molecule has 6 nitrogen and oxygen atoms in total. The topological polar surface area (TPSA) is 80.1 Å². The van der Waals surface area contributed by atoms with Gasteiger partial charge in [0.1, 0.15) is 6.07 Å². The zero-order valence-electron chi connectivity index (χ0n) is 13.4. The average Bonchev–Trinajstić information content (AvgIpc) is 2.65. The van der Waals surface area contributed by atoms with E-state index in [-0.39, 0.29) is 5.69 Å². The molecule has 0 fully saturated rings. The van der Waals surface area contributed by atoms with E-state index in [1.54, 1.807) is 14.2 Å². The van der Waals surface area contributed by atoms with Crippen LogP contribution in [0.5, 0.6) is 11.5 Å². The van der Waals surface area contributed by atoms with Crippen molar-refractivity contribution in [2.24, 2.45) is 0 Å². The molecule has 0 bridgehead atoms. The fraction of sp³-hybridized carbons (Fsp3) is 0.167. The fourth-order valence-corrected chi connectivity index (χ4v) is 2.49. The quantitative estimate of drug-likeness (QED) is 0.778. The van der Waals surface area contributed by atoms with E-state index in [0.717, 1.165) is 16.5 Å². The molecule has 0 amide bonds. The average molecular weight is 320 g/mol. The monoisotopic (exact) mass is 320 g/mol. The van der Waals surface area contributed by atoms with E-state index in [1.165, 1.54) is 0 Å². The van der Waals surface area contributed by atoms with Crippen molar-refractivity contribution >= 4 is 16.6 Å². The van der Waals surface area contributed by atoms with E-state index >= 15 is 0 Å². The Morgan fingerprint density at radius 3 is 2.58 bits per heavy atom. The highest BCUT2D eigenvalue weighted by Gasteiger charge is 2.11. The number of ether oxygens (including phenoxy) is 2. The Kier molecular flexibility index (Phi) is 4.43. The van der Waals surface area contributed by atoms with Crippen LogP contribution >= 0.6 is 0 Å². The lowest BCUT2D eigenvalue weighted by Gasteiger charge is -2.12. The molecular weight excluding hydrogens is 304 g/mol. The maximum absolute atomic E-state index is 9.30. The van der Waals surface area contributed by atoms with E-state index in [4.69, 9.17) is 9.47 Å². The Bertz CT molecular complexity index is 919. The van der Waals surface area contributed by atoms with E-state index in [2.05, 4.69) is 21.6 Å². The lowest BCUT2D eigenvalue weighted by molar-refractivity contribution is 0.354. The molecule has 1 N–H and O–H groups in total. The van der Waals surface area contributed by atoms with Crippen molar-refractivity contribution in [1.29, 1.82) is 5.26 Å². The number of rotatable bonds is 5. The van der Waals surface area contributed by atoms with Gasteiger partial charge in [-0.15, -0.1) is 10.2 Å². The molecule has 0 saturated carbocycles. The lowest BCUT2D eigenvalue weighted by Crippen LogP contribution is -2.05. The van der Waals surface area contributed by atoms with Crippen molar-refractivity contribution in [3.63, 3.8) is 0 Å². The molecule has 120 valence electrons. The highest BCUT2D eigenvalue weighted by atomic mass is 16.5. The molecule has 1 heterocycles. The number of anilines is 1. The Labute approximate surface area is 139 Å². The molecule has 0 atom stereocenters. The summed E-state index contributed by atoms with van der Waals surface area (Å²) in [6.07, 6.45) is 0. The van der Waals surface area contributed by atoms with Gasteiger partial charge in [0.15, 0.2) is 17.2 Å². The van der Waals surface area contributed by atoms with Gasteiger partial charge in [-0.2, -0.15) is 5.26 Å². The first-order chi connectivity index (χ1) is 11.8. The van der Waals surface area contributed by atoms with Crippen LogP contribution < -0.4 is 14.8 Å². The number of nitriles is 1. The molecule has 0 saturated heterocycles. The number of hydrogen-bond acceptors (Lipinski definition) is 6. The Balaban J connectivity index is 1.92. The second-order valence-corrected chi connectivity index (χ2v) is 5.10. The summed E-state index contributed by atoms with van der Waals surface area (Å²) in [7, 11) is 3.20. The fourth-order valence-electron chi connectivity index (χ4n) is 2.49. The molecular formula is C18H16N4O2. The van der Waals surface area contributed by atoms with Gasteiger partial charge in [-0.1, -0.05) is 24.3 Å². The van der Waals surface area contributed by atoms with E-state index in [1.807, 2.05) is 42.5 Å². The number of fused-ring (bicyclic) bond motifs is 1. The molecule has 3 rings (SSSR count). The molecule has 0 aliphatic carbocycles. The van der Waals surface area contributed by atoms with Crippen molar-refractivity contribution in [2.75, 3.05) is 19.5 Å². The molecule has 1 aromatic heterocycles. The predicted molar refractivity (Wildman–Crippen MR) is 91.1 cm³/mol. The number of nitrogens with zero attached hydrogens (tertiary/aromatic N) is 3. The van der Waals surface area contributed by atoms with Crippen molar-refractivity contribution in [2.45, 2.75) is 6.54 Å². The SMILES string of the molecule is COc1ccc(CNc2c(C#N)nnc3ccccc23)cc1OC. The maximum atomic E-state index is 9.30. The van der Waals surface area contributed by atoms with E-state index < -0.39 is 0 Å². The first-order valence-electron chi connectivity index (χ1n) is 7.37. The summed E-state index contributed by atoms with van der Waals surface area (Å²) in [5, 5.41) is 21.5. The number of nitrogens with one attached hydrogen (secondary N) is 1. The minimum absolute atomic E-state index is 0.272. The third-order valence-electron chi connectivity index (χ3n) is 3.69. The molecule has 0 aliphatic rings. The molecule has 2 aromatic carbocycles. The number of benzene rings is 2. The summed E-state index contributed by atoms with van der Waals surface area (Å²) in [5.41, 5.74) is 2.69. The second kappa shape index (κ2) is 6.84. The van der Waals surface area contributed by atoms with Crippen LogP contribution in [0.15, 0.2) is 42.5 Å². The van der Waals surface area contributed by atoms with Gasteiger partial charge in [0.2, 0.25) is 0 Å². The van der Waals surface area contributed by atoms with Crippen LogP contribution in [0.2, 0.25) is 0 Å². The summed E-state index contributed by atoms with van der Waals surface area (Å²) in [4.78, 5) is 0. The first kappa shape index (κ1) is 15.6. The van der Waals surface area contributed by atoms with Crippen LogP contribution in [-0.4, -0.2) is 24.4 Å². The molecule has 0 aliphatic heterocycles. The number of hydrogen-bond donors (Lipinski definition) is 1. The normalized spacial score (nSPS) is 10.2. The summed E-state index contributed by atoms with van der Waals surface area (Å²) < 4.78 is 10.6. The molecule has 24 heavy (non-hydrogen) atoms. The van der Waals surface area contributed by atoms with Crippen molar-refractivity contribution < 1.29 is 9.47 Å². The van der Waals surface area contributed by atoms with Gasteiger partial charge in [0, 0.05) is 11.9 Å². The standard InChI is InChI=1S/C18H16N4O2/c1-23-16-8-7-12(9-17(16)24-2)11-20-18-13-5-3-4-6-14(13)21-22-15(18)10-19/h3-9H,11H2,1-2H3,(H,20,21). The van der Waals surface area contributed by atoms with Crippen LogP contribution in [0, 0.1) is 11.3 Å². The van der Waals surface area contributed by atoms with E-state index in [0.29, 0.717) is 23.7 Å². The van der Waals surface area contributed by atoms with Gasteiger partial charge in [-0.3, -0.25) is 0 Å². The molecule has 3 aromatic rings. The van der Waals surface area contributed by atoms with Gasteiger partial charge in [-0.05, 0) is 23.8 Å². The minimum Gasteiger partial charge on any atom is -0.493 e. The predicted octanol–water partition coefficient (Wildman–Crippen LogP) is 3.13. The molecule has 6 heteroatoms. The summed E-state index contributed by atoms with van der Waals surface area (Å²) >= 11 is 0. The van der Waals surface area contributed by atoms with Crippen molar-refractivity contribution in [3.8, 4) is 17.6 Å². The molecule has 0 spiro atoms. The smallest absolute Gasteiger partial charge is 0.186 e. The van der Waals surface area contributed by atoms with Crippen LogP contribution in [-0.2, 0) is 6.54 Å². The maximum Gasteiger partial charge on any atom is 0.186 e. The van der Waals surface area contributed by atoms with Gasteiger partial charge in [-0.25, -0.2) is 0 Å². The zero-order valence-corrected chi connectivity index (χ0v) is 13.4. The first-order valence-corrected chi connectivity index (χ1v) is 7.37. The summed E-state index contributed by atoms with van der Waals surface area (Å²) in [6.45, 7) is 0.519. The minimum atomic E-state index is 0.272. The summed E-state index contributed by atoms with van der Waals surface area (Å²) in [5.74, 6) is 1.34. The lowest BCUT2D eigenvalue weighted by atomic mass is 10.1. The highest BCUT2D eigenvalue weighted by molar-refractivity contribution is 5.92. The second-order valence-electron chi connectivity index (χ2n) is 5.10. The van der Waals surface area contributed by atoms with Gasteiger partial charge < -0.3 is 14.8 Å². The Morgan fingerprint density at radius 2 is 1.83 bits per heavy atom. The Hall–Kier alpha value is -3.33. The van der Waals surface area contributed by atoms with Gasteiger partial charge >= 0.3 is 0 Å². The Morgan fingerprint density at radius 1 is 1.04 bits per heavy atom. The van der Waals surface area contributed by atoms with Crippen molar-refractivity contribution in [1.82, 2.24) is 10.2 Å². The van der Waals surface area contributed by atoms with Crippen LogP contribution in [0.25, 0.3) is 10.9 Å². The van der Waals surface area contributed by atoms with Crippen LogP contribution in [0.4, 0.5) is 5.69 Å². The third-order valence-corrected chi connectivity index (χ3v) is 3.69. The van der Waals surface area contributed by atoms with Gasteiger partial charge in [0.25, 0.3) is 0 Å². The van der Waals surface area contributed by atoms with Gasteiger partial charge in [0.05, 0.1) is 25.4 Å². The van der Waals surface area contributed by atoms with Crippen molar-refractivity contribution in [3.05, 3.63) is 53.7 Å². The van der Waals surface area contributed by atoms with E-state index in [9.17, 15) is 5.26 Å². The largest absolute Gasteiger partial charge is 0.493 e. The van der Waals surface area contributed by atoms with Crippen LogP contribution in [0.1, 0.15) is 11.3 Å². The molecule has 0 radical (unpaired) electrons. The zero-order chi connectivity index (χ0) is 16.9.